The van der Waals surface area contributed by atoms with Crippen molar-refractivity contribution in [3.63, 3.8) is 0 Å². The molecular formula is C19H20N2O5S. The first-order valence-corrected chi connectivity index (χ1v) is 9.42. The van der Waals surface area contributed by atoms with Crippen molar-refractivity contribution >= 4 is 27.7 Å². The number of ether oxygens (including phenoxy) is 2. The number of sulfonamides is 1. The van der Waals surface area contributed by atoms with Crippen LogP contribution in [-0.2, 0) is 14.8 Å². The zero-order chi connectivity index (χ0) is 19.9. The minimum Gasteiger partial charge on any atom is -0.495 e. The first-order valence-electron chi connectivity index (χ1n) is 7.87. The monoisotopic (exact) mass is 388 g/mol. The number of benzene rings is 2. The molecule has 0 fully saturated rings. The van der Waals surface area contributed by atoms with Crippen LogP contribution in [-0.4, -0.2) is 28.0 Å². The van der Waals surface area contributed by atoms with E-state index in [1.807, 2.05) is 0 Å². The molecule has 0 spiro atoms. The molecule has 2 aromatic rings. The lowest BCUT2D eigenvalue weighted by atomic mass is 10.2. The zero-order valence-electron chi connectivity index (χ0n) is 14.7. The van der Waals surface area contributed by atoms with E-state index in [-0.39, 0.29) is 16.3 Å². The molecule has 0 saturated carbocycles. The third kappa shape index (κ3) is 5.98. The number of carbonyl (C=O) groups excluding carboxylic acids is 1. The molecule has 0 atom stereocenters. The fourth-order valence-corrected chi connectivity index (χ4v) is 2.89. The number of primary sulfonamides is 1. The highest BCUT2D eigenvalue weighted by molar-refractivity contribution is 7.89. The molecule has 0 heterocycles. The van der Waals surface area contributed by atoms with Gasteiger partial charge in [0.05, 0.1) is 7.11 Å². The van der Waals surface area contributed by atoms with E-state index in [1.165, 1.54) is 31.4 Å². The van der Waals surface area contributed by atoms with Crippen LogP contribution in [0.1, 0.15) is 5.56 Å². The number of carbonyl (C=O) groups is 1. The van der Waals surface area contributed by atoms with E-state index in [0.29, 0.717) is 12.4 Å². The van der Waals surface area contributed by atoms with Gasteiger partial charge in [0, 0.05) is 11.8 Å². The second kappa shape index (κ2) is 9.02. The molecule has 27 heavy (non-hydrogen) atoms. The standard InChI is InChI=1S/C19H20N2O5S/c1-3-12-26-16-8-4-14(5-9-16)6-11-19(22)21-15-7-10-17(25-2)18(13-15)27(20,23)24/h3-11,13H,1,12H2,2H3,(H,21,22)(H2,20,23,24)/b11-6+. The molecule has 0 aliphatic heterocycles. The Labute approximate surface area is 158 Å². The van der Waals surface area contributed by atoms with Crippen LogP contribution < -0.4 is 19.9 Å². The van der Waals surface area contributed by atoms with Crippen LogP contribution in [0.5, 0.6) is 11.5 Å². The fraction of sp³-hybridized carbons (Fsp3) is 0.105. The summed E-state index contributed by atoms with van der Waals surface area (Å²) in [4.78, 5) is 11.9. The van der Waals surface area contributed by atoms with Crippen LogP contribution in [0.25, 0.3) is 6.08 Å². The topological polar surface area (TPSA) is 108 Å². The van der Waals surface area contributed by atoms with Crippen molar-refractivity contribution in [2.45, 2.75) is 4.90 Å². The van der Waals surface area contributed by atoms with Gasteiger partial charge in [-0.3, -0.25) is 4.79 Å². The number of amides is 1. The highest BCUT2D eigenvalue weighted by atomic mass is 32.2. The van der Waals surface area contributed by atoms with Gasteiger partial charge in [-0.1, -0.05) is 24.8 Å². The molecule has 2 rings (SSSR count). The van der Waals surface area contributed by atoms with Crippen molar-refractivity contribution < 1.29 is 22.7 Å². The maximum absolute atomic E-state index is 12.1. The summed E-state index contributed by atoms with van der Waals surface area (Å²) in [5.41, 5.74) is 1.08. The van der Waals surface area contributed by atoms with Gasteiger partial charge < -0.3 is 14.8 Å². The first-order chi connectivity index (χ1) is 12.8. The Morgan fingerprint density at radius 1 is 1.22 bits per heavy atom. The highest BCUT2D eigenvalue weighted by Gasteiger charge is 2.16. The number of rotatable bonds is 8. The number of hydrogen-bond acceptors (Lipinski definition) is 5. The minimum absolute atomic E-state index is 0.102. The summed E-state index contributed by atoms with van der Waals surface area (Å²) in [5.74, 6) is 0.377. The predicted molar refractivity (Wildman–Crippen MR) is 104 cm³/mol. The Kier molecular flexibility index (Phi) is 6.75. The van der Waals surface area contributed by atoms with Crippen LogP contribution in [0, 0.1) is 0 Å². The third-order valence-corrected chi connectivity index (χ3v) is 4.34. The predicted octanol–water partition coefficient (Wildman–Crippen LogP) is 2.56. The summed E-state index contributed by atoms with van der Waals surface area (Å²) in [6.45, 7) is 3.99. The van der Waals surface area contributed by atoms with E-state index in [1.54, 1.807) is 36.4 Å². The fourth-order valence-electron chi connectivity index (χ4n) is 2.16. The molecule has 2 aromatic carbocycles. The summed E-state index contributed by atoms with van der Waals surface area (Å²) in [5, 5.41) is 7.74. The lowest BCUT2D eigenvalue weighted by Crippen LogP contribution is -2.15. The first kappa shape index (κ1) is 20.2. The summed E-state index contributed by atoms with van der Waals surface area (Å²) >= 11 is 0. The van der Waals surface area contributed by atoms with E-state index in [4.69, 9.17) is 14.6 Å². The molecule has 7 nitrogen and oxygen atoms in total. The quantitative estimate of drug-likeness (QED) is 0.534. The number of anilines is 1. The number of methoxy groups -OCH3 is 1. The molecule has 0 aromatic heterocycles. The minimum atomic E-state index is -3.98. The van der Waals surface area contributed by atoms with Crippen LogP contribution >= 0.6 is 0 Å². The number of nitrogens with one attached hydrogen (secondary N) is 1. The molecule has 0 bridgehead atoms. The summed E-state index contributed by atoms with van der Waals surface area (Å²) in [6, 6.07) is 11.3. The molecule has 0 radical (unpaired) electrons. The van der Waals surface area contributed by atoms with E-state index in [2.05, 4.69) is 11.9 Å². The van der Waals surface area contributed by atoms with Crippen LogP contribution in [0.4, 0.5) is 5.69 Å². The smallest absolute Gasteiger partial charge is 0.248 e. The Balaban J connectivity index is 2.07. The van der Waals surface area contributed by atoms with Crippen molar-refractivity contribution in [1.82, 2.24) is 0 Å². The van der Waals surface area contributed by atoms with Crippen LogP contribution in [0.3, 0.4) is 0 Å². The summed E-state index contributed by atoms with van der Waals surface area (Å²) < 4.78 is 33.6. The Morgan fingerprint density at radius 3 is 2.52 bits per heavy atom. The second-order valence-corrected chi connectivity index (χ2v) is 6.93. The molecule has 1 amide bonds. The van der Waals surface area contributed by atoms with Crippen molar-refractivity contribution in [2.75, 3.05) is 19.0 Å². The van der Waals surface area contributed by atoms with Crippen LogP contribution in [0.15, 0.2) is 66.1 Å². The van der Waals surface area contributed by atoms with Crippen LogP contribution in [0.2, 0.25) is 0 Å². The zero-order valence-corrected chi connectivity index (χ0v) is 15.5. The Morgan fingerprint density at radius 2 is 1.93 bits per heavy atom. The van der Waals surface area contributed by atoms with Gasteiger partial charge in [-0.05, 0) is 42.0 Å². The second-order valence-electron chi connectivity index (χ2n) is 5.40. The van der Waals surface area contributed by atoms with Gasteiger partial charge >= 0.3 is 0 Å². The average molecular weight is 388 g/mol. The molecule has 0 saturated heterocycles. The normalized spacial score (nSPS) is 11.2. The van der Waals surface area contributed by atoms with Crippen molar-refractivity contribution in [1.29, 1.82) is 0 Å². The lowest BCUT2D eigenvalue weighted by Gasteiger charge is -2.09. The molecule has 8 heteroatoms. The molecule has 0 aliphatic rings. The largest absolute Gasteiger partial charge is 0.495 e. The third-order valence-electron chi connectivity index (χ3n) is 3.41. The Hall–Kier alpha value is -3.10. The van der Waals surface area contributed by atoms with Gasteiger partial charge in [0.1, 0.15) is 23.0 Å². The van der Waals surface area contributed by atoms with E-state index < -0.39 is 15.9 Å². The van der Waals surface area contributed by atoms with Gasteiger partial charge in [0.2, 0.25) is 15.9 Å². The lowest BCUT2D eigenvalue weighted by molar-refractivity contribution is -0.111. The molecular weight excluding hydrogens is 368 g/mol. The average Bonchev–Trinajstić information content (AvgIpc) is 2.65. The van der Waals surface area contributed by atoms with Gasteiger partial charge in [-0.2, -0.15) is 0 Å². The summed E-state index contributed by atoms with van der Waals surface area (Å²) in [6.07, 6.45) is 4.61. The highest BCUT2D eigenvalue weighted by Crippen LogP contribution is 2.26. The molecule has 142 valence electrons. The summed E-state index contributed by atoms with van der Waals surface area (Å²) in [7, 11) is -2.65. The van der Waals surface area contributed by atoms with E-state index >= 15 is 0 Å². The van der Waals surface area contributed by atoms with E-state index in [0.717, 1.165) is 5.56 Å². The van der Waals surface area contributed by atoms with E-state index in [9.17, 15) is 13.2 Å². The van der Waals surface area contributed by atoms with Gasteiger partial charge in [0.15, 0.2) is 0 Å². The van der Waals surface area contributed by atoms with Gasteiger partial charge in [-0.15, -0.1) is 0 Å². The number of nitrogens with two attached hydrogens (primary N) is 1. The molecule has 0 aliphatic carbocycles. The molecule has 3 N–H and O–H groups in total. The van der Waals surface area contributed by atoms with Crippen molar-refractivity contribution in [3.8, 4) is 11.5 Å². The Bertz CT molecular complexity index is 951. The van der Waals surface area contributed by atoms with Gasteiger partial charge in [0.25, 0.3) is 0 Å². The van der Waals surface area contributed by atoms with Crippen molar-refractivity contribution in [3.05, 3.63) is 66.8 Å². The van der Waals surface area contributed by atoms with Crippen molar-refractivity contribution in [2.24, 2.45) is 5.14 Å². The maximum Gasteiger partial charge on any atom is 0.248 e. The number of hydrogen-bond donors (Lipinski definition) is 2. The van der Waals surface area contributed by atoms with Gasteiger partial charge in [-0.25, -0.2) is 13.6 Å². The SMILES string of the molecule is C=CCOc1ccc(/C=C/C(=O)Nc2ccc(OC)c(S(N)(=O)=O)c2)cc1. The molecule has 0 unspecified atom stereocenters. The maximum atomic E-state index is 12.1.